The molecule has 7 nitrogen and oxygen atoms in total. The Kier molecular flexibility index (Phi) is 5.27. The van der Waals surface area contributed by atoms with E-state index in [2.05, 4.69) is 0 Å². The molecular weight excluding hydrogens is 214 g/mol. The lowest BCUT2D eigenvalue weighted by Gasteiger charge is -2.36. The van der Waals surface area contributed by atoms with E-state index < -0.39 is 30.1 Å². The van der Waals surface area contributed by atoms with Crippen LogP contribution in [-0.2, 0) is 9.47 Å². The number of rotatable bonds is 6. The van der Waals surface area contributed by atoms with E-state index in [1.807, 2.05) is 0 Å². The molecule has 2 atom stereocenters. The van der Waals surface area contributed by atoms with Crippen LogP contribution in [0.3, 0.4) is 0 Å². The van der Waals surface area contributed by atoms with Gasteiger partial charge in [0.1, 0.15) is 23.7 Å². The van der Waals surface area contributed by atoms with Crippen LogP contribution in [0.25, 0.3) is 0 Å². The SMILES string of the molecule is CC(C)(OC(N)OC(C)(C)C(N)O)C(N)O. The molecule has 8 N–H and O–H groups in total. The van der Waals surface area contributed by atoms with E-state index in [1.54, 1.807) is 27.7 Å². The Hall–Kier alpha value is -0.280. The molecule has 7 heteroatoms. The zero-order valence-corrected chi connectivity index (χ0v) is 10.2. The fourth-order valence-corrected chi connectivity index (χ4v) is 0.762. The summed E-state index contributed by atoms with van der Waals surface area (Å²) in [6, 6.07) is 0. The Balaban J connectivity index is 4.34. The highest BCUT2D eigenvalue weighted by Gasteiger charge is 2.33. The number of ether oxygens (including phenoxy) is 2. The number of hydrogen-bond donors (Lipinski definition) is 5. The molecule has 0 aliphatic carbocycles. The first kappa shape index (κ1) is 15.7. The number of aliphatic hydroxyl groups is 2. The third kappa shape index (κ3) is 4.71. The number of aliphatic hydroxyl groups excluding tert-OH is 2. The second-order valence-corrected chi connectivity index (χ2v) is 4.70. The van der Waals surface area contributed by atoms with Crippen LogP contribution < -0.4 is 17.2 Å². The van der Waals surface area contributed by atoms with E-state index in [0.717, 1.165) is 0 Å². The van der Waals surface area contributed by atoms with Crippen molar-refractivity contribution in [2.75, 3.05) is 0 Å². The number of hydrogen-bond acceptors (Lipinski definition) is 7. The van der Waals surface area contributed by atoms with Gasteiger partial charge in [-0.2, -0.15) is 0 Å². The van der Waals surface area contributed by atoms with Gasteiger partial charge in [0, 0.05) is 0 Å². The third-order valence-electron chi connectivity index (χ3n) is 2.26. The maximum Gasteiger partial charge on any atom is 0.214 e. The topological polar surface area (TPSA) is 137 Å². The standard InChI is InChI=1S/C9H23N3O4/c1-8(2,5(10)13)15-7(12)16-9(3,4)6(11)14/h5-7,13-14H,10-12H2,1-4H3. The van der Waals surface area contributed by atoms with Gasteiger partial charge in [-0.15, -0.1) is 0 Å². The van der Waals surface area contributed by atoms with Crippen LogP contribution in [0.1, 0.15) is 27.7 Å². The molecule has 0 heterocycles. The molecule has 0 aromatic heterocycles. The van der Waals surface area contributed by atoms with Crippen molar-refractivity contribution in [2.24, 2.45) is 17.2 Å². The maximum absolute atomic E-state index is 9.20. The lowest BCUT2D eigenvalue weighted by Crippen LogP contribution is -2.54. The zero-order valence-electron chi connectivity index (χ0n) is 10.2. The van der Waals surface area contributed by atoms with E-state index in [4.69, 9.17) is 26.7 Å². The molecule has 0 spiro atoms. The molecule has 0 aromatic carbocycles. The summed E-state index contributed by atoms with van der Waals surface area (Å²) in [5, 5.41) is 18.4. The summed E-state index contributed by atoms with van der Waals surface area (Å²) in [6.07, 6.45) is -3.55. The van der Waals surface area contributed by atoms with Gasteiger partial charge in [0.05, 0.1) is 0 Å². The van der Waals surface area contributed by atoms with Gasteiger partial charge < -0.3 is 31.2 Å². The Morgan fingerprint density at radius 3 is 1.25 bits per heavy atom. The van der Waals surface area contributed by atoms with E-state index in [1.165, 1.54) is 0 Å². The average Bonchev–Trinajstić information content (AvgIpc) is 2.00. The van der Waals surface area contributed by atoms with Crippen LogP contribution in [0.15, 0.2) is 0 Å². The van der Waals surface area contributed by atoms with E-state index in [-0.39, 0.29) is 0 Å². The fourth-order valence-electron chi connectivity index (χ4n) is 0.762. The van der Waals surface area contributed by atoms with Crippen molar-refractivity contribution in [3.8, 4) is 0 Å². The summed E-state index contributed by atoms with van der Waals surface area (Å²) in [5.41, 5.74) is 14.0. The van der Waals surface area contributed by atoms with Crippen LogP contribution in [0.5, 0.6) is 0 Å². The smallest absolute Gasteiger partial charge is 0.214 e. The lowest BCUT2D eigenvalue weighted by molar-refractivity contribution is -0.271. The largest absolute Gasteiger partial charge is 0.376 e. The van der Waals surface area contributed by atoms with Crippen molar-refractivity contribution in [1.29, 1.82) is 0 Å². The second kappa shape index (κ2) is 5.37. The zero-order chi connectivity index (χ0) is 13.1. The predicted octanol–water partition coefficient (Wildman–Crippen LogP) is -1.63. The summed E-state index contributed by atoms with van der Waals surface area (Å²) in [5.74, 6) is 0. The first-order valence-corrected chi connectivity index (χ1v) is 4.97. The van der Waals surface area contributed by atoms with E-state index in [0.29, 0.717) is 0 Å². The molecule has 0 amide bonds. The number of nitrogens with two attached hydrogens (primary N) is 3. The molecule has 0 radical (unpaired) electrons. The van der Waals surface area contributed by atoms with Crippen molar-refractivity contribution in [2.45, 2.75) is 57.8 Å². The minimum absolute atomic E-state index is 1.06. The van der Waals surface area contributed by atoms with Crippen LogP contribution in [0.4, 0.5) is 0 Å². The van der Waals surface area contributed by atoms with Gasteiger partial charge in [-0.1, -0.05) is 0 Å². The van der Waals surface area contributed by atoms with Gasteiger partial charge >= 0.3 is 0 Å². The average molecular weight is 237 g/mol. The minimum atomic E-state index is -1.20. The summed E-state index contributed by atoms with van der Waals surface area (Å²) in [6.45, 7) is 6.25. The lowest BCUT2D eigenvalue weighted by atomic mass is 10.1. The first-order valence-electron chi connectivity index (χ1n) is 4.97. The van der Waals surface area contributed by atoms with Gasteiger partial charge in [0.25, 0.3) is 0 Å². The van der Waals surface area contributed by atoms with Gasteiger partial charge in [0.2, 0.25) is 6.41 Å². The molecule has 0 rings (SSSR count). The molecule has 0 fully saturated rings. The quantitative estimate of drug-likeness (QED) is 0.350. The van der Waals surface area contributed by atoms with Gasteiger partial charge in [-0.05, 0) is 27.7 Å². The Morgan fingerprint density at radius 1 is 0.812 bits per heavy atom. The van der Waals surface area contributed by atoms with E-state index >= 15 is 0 Å². The Bertz CT molecular complexity index is 197. The van der Waals surface area contributed by atoms with Crippen molar-refractivity contribution < 1.29 is 19.7 Å². The minimum Gasteiger partial charge on any atom is -0.376 e. The van der Waals surface area contributed by atoms with Crippen molar-refractivity contribution in [3.63, 3.8) is 0 Å². The molecule has 0 saturated carbocycles. The summed E-state index contributed by atoms with van der Waals surface area (Å²) >= 11 is 0. The molecular formula is C9H23N3O4. The monoisotopic (exact) mass is 237 g/mol. The second-order valence-electron chi connectivity index (χ2n) is 4.70. The van der Waals surface area contributed by atoms with Crippen molar-refractivity contribution in [3.05, 3.63) is 0 Å². The highest BCUT2D eigenvalue weighted by Crippen LogP contribution is 2.18. The van der Waals surface area contributed by atoms with Crippen molar-refractivity contribution >= 4 is 0 Å². The Labute approximate surface area is 95.5 Å². The summed E-state index contributed by atoms with van der Waals surface area (Å²) in [7, 11) is 0. The highest BCUT2D eigenvalue weighted by molar-refractivity contribution is 4.77. The van der Waals surface area contributed by atoms with E-state index in [9.17, 15) is 10.2 Å². The molecule has 2 unspecified atom stereocenters. The molecule has 0 aliphatic rings. The molecule has 0 aromatic rings. The van der Waals surface area contributed by atoms with Crippen LogP contribution in [0, 0.1) is 0 Å². The van der Waals surface area contributed by atoms with Crippen LogP contribution in [-0.4, -0.2) is 40.3 Å². The van der Waals surface area contributed by atoms with Crippen LogP contribution in [0.2, 0.25) is 0 Å². The maximum atomic E-state index is 9.20. The van der Waals surface area contributed by atoms with Crippen molar-refractivity contribution in [1.82, 2.24) is 0 Å². The van der Waals surface area contributed by atoms with Gasteiger partial charge in [-0.25, -0.2) is 0 Å². The van der Waals surface area contributed by atoms with Crippen LogP contribution >= 0.6 is 0 Å². The Morgan fingerprint density at radius 2 is 1.06 bits per heavy atom. The summed E-state index contributed by atoms with van der Waals surface area (Å²) < 4.78 is 10.4. The molecule has 0 saturated heterocycles. The summed E-state index contributed by atoms with van der Waals surface area (Å²) in [4.78, 5) is 0. The molecule has 16 heavy (non-hydrogen) atoms. The van der Waals surface area contributed by atoms with Gasteiger partial charge in [0.15, 0.2) is 0 Å². The molecule has 0 bridgehead atoms. The van der Waals surface area contributed by atoms with Gasteiger partial charge in [-0.3, -0.25) is 5.73 Å². The molecule has 0 aliphatic heterocycles. The molecule has 98 valence electrons. The third-order valence-corrected chi connectivity index (χ3v) is 2.26. The fraction of sp³-hybridized carbons (Fsp3) is 1.00. The highest BCUT2D eigenvalue weighted by atomic mass is 16.7. The normalized spacial score (nSPS) is 19.3. The predicted molar refractivity (Wildman–Crippen MR) is 58.7 cm³/mol. The first-order chi connectivity index (χ1) is 6.99.